The Labute approximate surface area is 62.2 Å². The van der Waals surface area contributed by atoms with Crippen LogP contribution in [0.15, 0.2) is 0 Å². The van der Waals surface area contributed by atoms with Gasteiger partial charge in [-0.3, -0.25) is 0 Å². The van der Waals surface area contributed by atoms with E-state index in [1.165, 1.54) is 0 Å². The molecular formula is C8H16O2. The van der Waals surface area contributed by atoms with Crippen molar-refractivity contribution < 1.29 is 9.84 Å². The van der Waals surface area contributed by atoms with Gasteiger partial charge in [-0.15, -0.1) is 0 Å². The molecule has 0 radical (unpaired) electrons. The van der Waals surface area contributed by atoms with Crippen LogP contribution < -0.4 is 0 Å². The second-order valence-corrected chi connectivity index (χ2v) is 3.43. The molecule has 2 heteroatoms. The van der Waals surface area contributed by atoms with Crippen LogP contribution in [-0.4, -0.2) is 23.9 Å². The first-order chi connectivity index (χ1) is 4.66. The van der Waals surface area contributed by atoms with Crippen LogP contribution in [0.1, 0.15) is 26.7 Å². The fraction of sp³-hybridized carbons (Fsp3) is 1.00. The van der Waals surface area contributed by atoms with Crippen molar-refractivity contribution in [3.8, 4) is 0 Å². The summed E-state index contributed by atoms with van der Waals surface area (Å²) < 4.78 is 4.93. The van der Waals surface area contributed by atoms with Crippen LogP contribution in [0.5, 0.6) is 0 Å². The fourth-order valence-electron chi connectivity index (χ4n) is 1.25. The molecule has 0 amide bonds. The van der Waals surface area contributed by atoms with Crippen LogP contribution >= 0.6 is 0 Å². The molecule has 0 saturated carbocycles. The highest BCUT2D eigenvalue weighted by Gasteiger charge is 2.36. The molecule has 10 heavy (non-hydrogen) atoms. The molecule has 0 spiro atoms. The second-order valence-electron chi connectivity index (χ2n) is 3.43. The molecule has 1 aliphatic rings. The third-order valence-corrected chi connectivity index (χ3v) is 2.17. The van der Waals surface area contributed by atoms with Gasteiger partial charge < -0.3 is 9.84 Å². The van der Waals surface area contributed by atoms with Crippen LogP contribution in [0.25, 0.3) is 0 Å². The van der Waals surface area contributed by atoms with E-state index in [2.05, 4.69) is 13.8 Å². The van der Waals surface area contributed by atoms with E-state index < -0.39 is 5.60 Å². The Morgan fingerprint density at radius 3 is 2.50 bits per heavy atom. The van der Waals surface area contributed by atoms with E-state index in [-0.39, 0.29) is 0 Å². The smallest absolute Gasteiger partial charge is 0.111 e. The molecule has 2 nitrogen and oxygen atoms in total. The van der Waals surface area contributed by atoms with Crippen molar-refractivity contribution in [2.24, 2.45) is 5.92 Å². The van der Waals surface area contributed by atoms with Crippen molar-refractivity contribution in [1.29, 1.82) is 0 Å². The Balaban J connectivity index is 2.22. The molecule has 1 atom stereocenters. The summed E-state index contributed by atoms with van der Waals surface area (Å²) >= 11 is 0. The lowest BCUT2D eigenvalue weighted by atomic mass is 9.89. The molecule has 1 aliphatic heterocycles. The molecule has 1 N–H and O–H groups in total. The minimum atomic E-state index is -0.477. The van der Waals surface area contributed by atoms with Crippen LogP contribution in [0, 0.1) is 5.92 Å². The van der Waals surface area contributed by atoms with Crippen molar-refractivity contribution in [2.45, 2.75) is 32.3 Å². The van der Waals surface area contributed by atoms with Crippen LogP contribution in [0.4, 0.5) is 0 Å². The molecule has 0 aromatic rings. The van der Waals surface area contributed by atoms with Gasteiger partial charge >= 0.3 is 0 Å². The van der Waals surface area contributed by atoms with Gasteiger partial charge in [0.15, 0.2) is 0 Å². The molecule has 0 unspecified atom stereocenters. The summed E-state index contributed by atoms with van der Waals surface area (Å²) in [6.07, 6.45) is 2.03. The molecule has 0 aromatic carbocycles. The fourth-order valence-corrected chi connectivity index (χ4v) is 1.25. The first-order valence-corrected chi connectivity index (χ1v) is 3.96. The van der Waals surface area contributed by atoms with Crippen molar-refractivity contribution in [2.75, 3.05) is 13.2 Å². The van der Waals surface area contributed by atoms with Gasteiger partial charge in [0.1, 0.15) is 5.60 Å². The first-order valence-electron chi connectivity index (χ1n) is 3.96. The van der Waals surface area contributed by atoms with E-state index in [0.29, 0.717) is 19.1 Å². The highest BCUT2D eigenvalue weighted by atomic mass is 16.5. The second kappa shape index (κ2) is 2.89. The summed E-state index contributed by atoms with van der Waals surface area (Å²) in [7, 11) is 0. The average molecular weight is 144 g/mol. The van der Waals surface area contributed by atoms with Crippen molar-refractivity contribution in [3.63, 3.8) is 0 Å². The molecule has 1 rings (SSSR count). The van der Waals surface area contributed by atoms with Crippen LogP contribution in [0.2, 0.25) is 0 Å². The van der Waals surface area contributed by atoms with Crippen molar-refractivity contribution >= 4 is 0 Å². The van der Waals surface area contributed by atoms with Gasteiger partial charge in [0.2, 0.25) is 0 Å². The number of ether oxygens (including phenoxy) is 1. The Hall–Kier alpha value is -0.0800. The van der Waals surface area contributed by atoms with E-state index >= 15 is 0 Å². The summed E-state index contributed by atoms with van der Waals surface area (Å²) in [4.78, 5) is 0. The molecular weight excluding hydrogens is 128 g/mol. The Morgan fingerprint density at radius 1 is 1.60 bits per heavy atom. The first kappa shape index (κ1) is 8.02. The minimum Gasteiger partial charge on any atom is -0.385 e. The van der Waals surface area contributed by atoms with E-state index in [4.69, 9.17) is 4.74 Å². The third kappa shape index (κ3) is 1.70. The zero-order valence-corrected chi connectivity index (χ0v) is 6.76. The van der Waals surface area contributed by atoms with E-state index in [1.807, 2.05) is 0 Å². The lowest BCUT2D eigenvalue weighted by molar-refractivity contribution is -0.186. The molecule has 60 valence electrons. The normalized spacial score (nSPS) is 25.5. The predicted octanol–water partition coefficient (Wildman–Crippen LogP) is 1.18. The van der Waals surface area contributed by atoms with Gasteiger partial charge in [0.25, 0.3) is 0 Å². The highest BCUT2D eigenvalue weighted by Crippen LogP contribution is 2.26. The topological polar surface area (TPSA) is 29.5 Å². The molecule has 0 aliphatic carbocycles. The Morgan fingerprint density at radius 2 is 2.20 bits per heavy atom. The van der Waals surface area contributed by atoms with E-state index in [0.717, 1.165) is 12.8 Å². The largest absolute Gasteiger partial charge is 0.385 e. The molecule has 1 heterocycles. The molecule has 1 fully saturated rings. The minimum absolute atomic E-state index is 0.477. The number of rotatable bonds is 3. The molecule has 0 aromatic heterocycles. The van der Waals surface area contributed by atoms with Crippen molar-refractivity contribution in [1.82, 2.24) is 0 Å². The van der Waals surface area contributed by atoms with Gasteiger partial charge in [-0.25, -0.2) is 0 Å². The highest BCUT2D eigenvalue weighted by molar-refractivity contribution is 4.86. The average Bonchev–Trinajstić information content (AvgIpc) is 1.84. The summed E-state index contributed by atoms with van der Waals surface area (Å²) in [6.45, 7) is 5.39. The van der Waals surface area contributed by atoms with Gasteiger partial charge in [-0.1, -0.05) is 20.3 Å². The Bertz CT molecular complexity index is 108. The maximum Gasteiger partial charge on any atom is 0.111 e. The maximum absolute atomic E-state index is 9.59. The summed E-state index contributed by atoms with van der Waals surface area (Å²) in [5.74, 6) is 0.619. The predicted molar refractivity (Wildman–Crippen MR) is 39.8 cm³/mol. The van der Waals surface area contributed by atoms with Gasteiger partial charge in [0.05, 0.1) is 13.2 Å². The molecule has 1 saturated heterocycles. The third-order valence-electron chi connectivity index (χ3n) is 2.17. The van der Waals surface area contributed by atoms with E-state index in [1.54, 1.807) is 0 Å². The summed E-state index contributed by atoms with van der Waals surface area (Å²) in [6, 6.07) is 0. The van der Waals surface area contributed by atoms with Crippen LogP contribution in [0.3, 0.4) is 0 Å². The maximum atomic E-state index is 9.59. The Kier molecular flexibility index (Phi) is 2.32. The summed E-state index contributed by atoms with van der Waals surface area (Å²) in [5.41, 5.74) is -0.477. The zero-order chi connectivity index (χ0) is 7.61. The monoisotopic (exact) mass is 144 g/mol. The SMILES string of the molecule is CC[C@@H](C)CC1(O)COC1. The molecule has 0 bridgehead atoms. The zero-order valence-electron chi connectivity index (χ0n) is 6.76. The van der Waals surface area contributed by atoms with E-state index in [9.17, 15) is 5.11 Å². The standard InChI is InChI=1S/C8H16O2/c1-3-7(2)4-8(9)5-10-6-8/h7,9H,3-6H2,1-2H3/t7-/m1/s1. The lowest BCUT2D eigenvalue weighted by Gasteiger charge is -2.38. The van der Waals surface area contributed by atoms with Gasteiger partial charge in [-0.2, -0.15) is 0 Å². The van der Waals surface area contributed by atoms with Gasteiger partial charge in [0, 0.05) is 0 Å². The van der Waals surface area contributed by atoms with Crippen LogP contribution in [-0.2, 0) is 4.74 Å². The number of aliphatic hydroxyl groups is 1. The number of hydrogen-bond donors (Lipinski definition) is 1. The lowest BCUT2D eigenvalue weighted by Crippen LogP contribution is -2.50. The summed E-state index contributed by atoms with van der Waals surface area (Å²) in [5, 5.41) is 9.59. The number of hydrogen-bond acceptors (Lipinski definition) is 2. The quantitative estimate of drug-likeness (QED) is 0.644. The van der Waals surface area contributed by atoms with Gasteiger partial charge in [-0.05, 0) is 12.3 Å². The van der Waals surface area contributed by atoms with Crippen molar-refractivity contribution in [3.05, 3.63) is 0 Å².